The zero-order valence-electron chi connectivity index (χ0n) is 11.8. The van der Waals surface area contributed by atoms with Crippen molar-refractivity contribution < 1.29 is 9.53 Å². The number of hydrogen-bond donors (Lipinski definition) is 1. The van der Waals surface area contributed by atoms with Crippen LogP contribution < -0.4 is 5.32 Å². The quantitative estimate of drug-likeness (QED) is 0.447. The van der Waals surface area contributed by atoms with Crippen molar-refractivity contribution in [2.75, 3.05) is 13.2 Å². The van der Waals surface area contributed by atoms with Crippen molar-refractivity contribution in [3.05, 3.63) is 0 Å². The average Bonchev–Trinajstić information content (AvgIpc) is 2.27. The van der Waals surface area contributed by atoms with Gasteiger partial charge in [-0.3, -0.25) is 4.79 Å². The van der Waals surface area contributed by atoms with E-state index in [-0.39, 0.29) is 5.97 Å². The Bertz CT molecular complexity index is 181. The van der Waals surface area contributed by atoms with E-state index in [9.17, 15) is 4.79 Å². The Morgan fingerprint density at radius 3 is 2.41 bits per heavy atom. The molecule has 0 saturated carbocycles. The van der Waals surface area contributed by atoms with Gasteiger partial charge in [-0.2, -0.15) is 0 Å². The molecule has 0 aromatic rings. The van der Waals surface area contributed by atoms with Crippen molar-refractivity contribution in [2.24, 2.45) is 0 Å². The van der Waals surface area contributed by atoms with Gasteiger partial charge in [-0.1, -0.05) is 52.9 Å². The Kier molecular flexibility index (Phi) is 11.5. The number of carbonyl (C=O) groups is 1. The second-order valence-electron chi connectivity index (χ2n) is 4.85. The van der Waals surface area contributed by atoms with Crippen LogP contribution in [0, 0.1) is 0 Å². The molecule has 0 rings (SSSR count). The second kappa shape index (κ2) is 11.9. The van der Waals surface area contributed by atoms with Gasteiger partial charge in [-0.25, -0.2) is 0 Å². The summed E-state index contributed by atoms with van der Waals surface area (Å²) in [7, 11) is 0. The highest BCUT2D eigenvalue weighted by Crippen LogP contribution is 2.05. The lowest BCUT2D eigenvalue weighted by Gasteiger charge is -2.08. The summed E-state index contributed by atoms with van der Waals surface area (Å²) in [6, 6.07) is 0.432. The van der Waals surface area contributed by atoms with Gasteiger partial charge >= 0.3 is 5.97 Å². The largest absolute Gasteiger partial charge is 0.466 e. The van der Waals surface area contributed by atoms with E-state index >= 15 is 0 Å². The highest BCUT2D eigenvalue weighted by atomic mass is 16.5. The molecule has 0 spiro atoms. The monoisotopic (exact) mass is 243 g/mol. The summed E-state index contributed by atoms with van der Waals surface area (Å²) in [6.07, 6.45) is 7.83. The van der Waals surface area contributed by atoms with Crippen molar-refractivity contribution in [1.29, 1.82) is 0 Å². The molecule has 0 aromatic heterocycles. The summed E-state index contributed by atoms with van der Waals surface area (Å²) in [4.78, 5) is 11.3. The van der Waals surface area contributed by atoms with Crippen LogP contribution in [0.4, 0.5) is 0 Å². The molecule has 0 bridgehead atoms. The molecule has 0 atom stereocenters. The van der Waals surface area contributed by atoms with E-state index in [2.05, 4.69) is 26.1 Å². The number of nitrogens with one attached hydrogen (secondary N) is 1. The standard InChI is InChI=1S/C14H29NO2/c1-4-5-6-7-8-9-12-17-14(16)10-11-15-13(2)3/h13,15H,4-12H2,1-3H3. The summed E-state index contributed by atoms with van der Waals surface area (Å²) >= 11 is 0. The van der Waals surface area contributed by atoms with Crippen LogP contribution in [0.15, 0.2) is 0 Å². The summed E-state index contributed by atoms with van der Waals surface area (Å²) < 4.78 is 5.15. The van der Waals surface area contributed by atoms with Gasteiger partial charge in [0.1, 0.15) is 0 Å². The molecule has 3 nitrogen and oxygen atoms in total. The molecule has 0 aliphatic carbocycles. The Morgan fingerprint density at radius 1 is 1.12 bits per heavy atom. The molecule has 102 valence electrons. The normalized spacial score (nSPS) is 10.8. The van der Waals surface area contributed by atoms with Crippen LogP contribution in [0.5, 0.6) is 0 Å². The van der Waals surface area contributed by atoms with Gasteiger partial charge in [0, 0.05) is 12.6 Å². The van der Waals surface area contributed by atoms with Crippen molar-refractivity contribution in [3.63, 3.8) is 0 Å². The van der Waals surface area contributed by atoms with E-state index in [0.29, 0.717) is 25.6 Å². The molecule has 0 unspecified atom stereocenters. The van der Waals surface area contributed by atoms with Gasteiger partial charge < -0.3 is 10.1 Å². The summed E-state index contributed by atoms with van der Waals surface area (Å²) in [5, 5.41) is 3.20. The van der Waals surface area contributed by atoms with Gasteiger partial charge in [0.2, 0.25) is 0 Å². The minimum Gasteiger partial charge on any atom is -0.466 e. The van der Waals surface area contributed by atoms with Crippen molar-refractivity contribution >= 4 is 5.97 Å². The van der Waals surface area contributed by atoms with Crippen LogP contribution in [-0.2, 0) is 9.53 Å². The fourth-order valence-electron chi connectivity index (χ4n) is 1.60. The summed E-state index contributed by atoms with van der Waals surface area (Å²) in [6.45, 7) is 7.66. The van der Waals surface area contributed by atoms with Crippen molar-refractivity contribution in [3.8, 4) is 0 Å². The zero-order valence-corrected chi connectivity index (χ0v) is 11.8. The Morgan fingerprint density at radius 2 is 1.76 bits per heavy atom. The number of esters is 1. The molecular formula is C14H29NO2. The van der Waals surface area contributed by atoms with Gasteiger partial charge in [-0.05, 0) is 6.42 Å². The molecular weight excluding hydrogens is 214 g/mol. The number of rotatable bonds is 11. The molecule has 3 heteroatoms. The Hall–Kier alpha value is -0.570. The third-order valence-electron chi connectivity index (χ3n) is 2.64. The first kappa shape index (κ1) is 16.4. The first-order chi connectivity index (χ1) is 8.16. The minimum atomic E-state index is -0.0771. The first-order valence-electron chi connectivity index (χ1n) is 7.05. The van der Waals surface area contributed by atoms with Gasteiger partial charge in [0.25, 0.3) is 0 Å². The van der Waals surface area contributed by atoms with Crippen LogP contribution in [0.2, 0.25) is 0 Å². The zero-order chi connectivity index (χ0) is 12.9. The van der Waals surface area contributed by atoms with E-state index in [0.717, 1.165) is 6.42 Å². The molecule has 0 amide bonds. The summed E-state index contributed by atoms with van der Waals surface area (Å²) in [5.41, 5.74) is 0. The topological polar surface area (TPSA) is 38.3 Å². The maximum Gasteiger partial charge on any atom is 0.307 e. The fourth-order valence-corrected chi connectivity index (χ4v) is 1.60. The van der Waals surface area contributed by atoms with Crippen LogP contribution in [0.3, 0.4) is 0 Å². The lowest BCUT2D eigenvalue weighted by atomic mass is 10.1. The molecule has 0 saturated heterocycles. The number of hydrogen-bond acceptors (Lipinski definition) is 3. The van der Waals surface area contributed by atoms with E-state index in [1.165, 1.54) is 32.1 Å². The fraction of sp³-hybridized carbons (Fsp3) is 0.929. The van der Waals surface area contributed by atoms with Crippen molar-refractivity contribution in [1.82, 2.24) is 5.32 Å². The second-order valence-corrected chi connectivity index (χ2v) is 4.85. The van der Waals surface area contributed by atoms with Gasteiger partial charge in [0.15, 0.2) is 0 Å². The first-order valence-corrected chi connectivity index (χ1v) is 7.05. The number of carbonyl (C=O) groups excluding carboxylic acids is 1. The highest BCUT2D eigenvalue weighted by molar-refractivity contribution is 5.69. The maximum absolute atomic E-state index is 11.3. The third-order valence-corrected chi connectivity index (χ3v) is 2.64. The molecule has 0 radical (unpaired) electrons. The van der Waals surface area contributed by atoms with Crippen LogP contribution in [-0.4, -0.2) is 25.2 Å². The van der Waals surface area contributed by atoms with Gasteiger partial charge in [-0.15, -0.1) is 0 Å². The average molecular weight is 243 g/mol. The smallest absolute Gasteiger partial charge is 0.307 e. The lowest BCUT2D eigenvalue weighted by Crippen LogP contribution is -2.26. The van der Waals surface area contributed by atoms with Crippen molar-refractivity contribution in [2.45, 2.75) is 71.8 Å². The molecule has 0 fully saturated rings. The Labute approximate surface area is 106 Å². The van der Waals surface area contributed by atoms with Gasteiger partial charge in [0.05, 0.1) is 13.0 Å². The lowest BCUT2D eigenvalue weighted by molar-refractivity contribution is -0.143. The molecule has 0 aliphatic rings. The highest BCUT2D eigenvalue weighted by Gasteiger charge is 2.02. The summed E-state index contributed by atoms with van der Waals surface area (Å²) in [5.74, 6) is -0.0771. The SMILES string of the molecule is CCCCCCCCOC(=O)CCNC(C)C. The molecule has 17 heavy (non-hydrogen) atoms. The van der Waals surface area contributed by atoms with E-state index in [4.69, 9.17) is 4.74 Å². The van der Waals surface area contributed by atoms with Crippen LogP contribution in [0.25, 0.3) is 0 Å². The molecule has 0 aliphatic heterocycles. The van der Waals surface area contributed by atoms with Crippen LogP contribution >= 0.6 is 0 Å². The molecule has 1 N–H and O–H groups in total. The third kappa shape index (κ3) is 13.4. The predicted molar refractivity (Wildman–Crippen MR) is 72.1 cm³/mol. The van der Waals surface area contributed by atoms with Crippen LogP contribution in [0.1, 0.15) is 65.7 Å². The maximum atomic E-state index is 11.3. The number of unbranched alkanes of at least 4 members (excludes halogenated alkanes) is 5. The van der Waals surface area contributed by atoms with E-state index in [1.54, 1.807) is 0 Å². The predicted octanol–water partition coefficient (Wildman–Crippen LogP) is 3.28. The Balaban J connectivity index is 3.16. The van der Waals surface area contributed by atoms with E-state index in [1.807, 2.05) is 0 Å². The molecule has 0 aromatic carbocycles. The minimum absolute atomic E-state index is 0.0771. The van der Waals surface area contributed by atoms with E-state index < -0.39 is 0 Å². The molecule has 0 heterocycles. The number of ether oxygens (including phenoxy) is 1.